The lowest BCUT2D eigenvalue weighted by Crippen LogP contribution is -2.30. The highest BCUT2D eigenvalue weighted by Crippen LogP contribution is 2.11. The fourth-order valence-electron chi connectivity index (χ4n) is 0. The van der Waals surface area contributed by atoms with E-state index in [0.29, 0.717) is 0 Å². The number of halogens is 2. The molecule has 0 saturated carbocycles. The van der Waals surface area contributed by atoms with Gasteiger partial charge in [-0.3, -0.25) is 4.79 Å². The maximum atomic E-state index is 11.6. The van der Waals surface area contributed by atoms with Crippen molar-refractivity contribution in [2.24, 2.45) is 0 Å². The molecule has 0 aromatic rings. The van der Waals surface area contributed by atoms with Crippen molar-refractivity contribution < 1.29 is 13.6 Å². The topological polar surface area (TPSA) is 20.3 Å². The summed E-state index contributed by atoms with van der Waals surface area (Å²) in [6.07, 6.45) is 0.750. The molecule has 12 heavy (non-hydrogen) atoms. The number of rotatable bonds is 2. The van der Waals surface area contributed by atoms with Crippen LogP contribution in [0.2, 0.25) is 19.6 Å². The van der Waals surface area contributed by atoms with Gasteiger partial charge in [0.25, 0.3) is 0 Å². The zero-order valence-electron chi connectivity index (χ0n) is 8.27. The zero-order chi connectivity index (χ0) is 10.4. The second-order valence-corrected chi connectivity index (χ2v) is 8.90. The molecule has 0 aliphatic heterocycles. The van der Waals surface area contributed by atoms with E-state index in [2.05, 4.69) is 0 Å². The van der Waals surface area contributed by atoms with Crippen LogP contribution in [0.5, 0.6) is 0 Å². The molecule has 0 unspecified atom stereocenters. The first-order valence-corrected chi connectivity index (χ1v) is 7.19. The van der Waals surface area contributed by atoms with E-state index in [1.165, 1.54) is 4.90 Å². The van der Waals surface area contributed by atoms with Gasteiger partial charge in [-0.05, 0) is 0 Å². The molecule has 0 fully saturated rings. The van der Waals surface area contributed by atoms with Crippen molar-refractivity contribution in [1.29, 1.82) is 0 Å². The maximum absolute atomic E-state index is 11.6. The molecule has 0 spiro atoms. The molecule has 2 nitrogen and oxygen atoms in total. The van der Waals surface area contributed by atoms with Crippen molar-refractivity contribution in [3.05, 3.63) is 0 Å². The monoisotopic (exact) mass is 197 g/mol. The molecule has 0 atom stereocenters. The molecule has 74 valence electrons. The fraction of sp³-hybridized carbons (Fsp3) is 0.857. The Labute approximate surface area is 73.6 Å². The molecular formula is C7H17F2NOSi. The van der Waals surface area contributed by atoms with Crippen LogP contribution in [0.3, 0.4) is 0 Å². The third kappa shape index (κ3) is 12.2. The zero-order valence-corrected chi connectivity index (χ0v) is 9.27. The van der Waals surface area contributed by atoms with E-state index in [9.17, 15) is 13.6 Å². The molecule has 0 rings (SSSR count). The largest absolute Gasteiger partial charge is 0.351 e. The van der Waals surface area contributed by atoms with Gasteiger partial charge in [-0.2, -0.15) is 0 Å². The van der Waals surface area contributed by atoms with E-state index in [4.69, 9.17) is 0 Å². The number of nitrogens with zero attached hydrogens (tertiary/aromatic N) is 1. The summed E-state index contributed by atoms with van der Waals surface area (Å²) in [4.78, 5) is 10.9. The van der Waals surface area contributed by atoms with Gasteiger partial charge < -0.3 is 4.90 Å². The van der Waals surface area contributed by atoms with Gasteiger partial charge in [0.2, 0.25) is 12.5 Å². The van der Waals surface area contributed by atoms with E-state index >= 15 is 0 Å². The molecule has 0 radical (unpaired) electrons. The Kier molecular flexibility index (Phi) is 7.17. The van der Waals surface area contributed by atoms with Crippen molar-refractivity contribution in [3.63, 3.8) is 0 Å². The predicted octanol–water partition coefficient (Wildman–Crippen LogP) is 1.83. The second-order valence-electron chi connectivity index (χ2n) is 3.74. The van der Waals surface area contributed by atoms with E-state index in [-0.39, 0.29) is 0 Å². The van der Waals surface area contributed by atoms with Crippen LogP contribution >= 0.6 is 0 Å². The third-order valence-corrected chi connectivity index (χ3v) is 2.17. The summed E-state index contributed by atoms with van der Waals surface area (Å²) in [7, 11) is 1.31. The number of amides is 1. The van der Waals surface area contributed by atoms with Crippen molar-refractivity contribution in [2.75, 3.05) is 14.1 Å². The van der Waals surface area contributed by atoms with E-state index in [1.807, 2.05) is 0 Å². The molecule has 0 aliphatic rings. The number of hydrogen-bond acceptors (Lipinski definition) is 1. The van der Waals surface area contributed by atoms with Crippen LogP contribution < -0.4 is 0 Å². The Balaban J connectivity index is 0. The Morgan fingerprint density at radius 3 is 1.42 bits per heavy atom. The number of alkyl halides is 2. The molecule has 0 aromatic carbocycles. The quantitative estimate of drug-likeness (QED) is 0.488. The normalized spacial score (nSPS) is 10.3. The van der Waals surface area contributed by atoms with Crippen molar-refractivity contribution in [2.45, 2.75) is 25.7 Å². The lowest BCUT2D eigenvalue weighted by molar-refractivity contribution is -0.115. The average molecular weight is 197 g/mol. The Morgan fingerprint density at radius 1 is 1.25 bits per heavy atom. The molecule has 0 aromatic heterocycles. The van der Waals surface area contributed by atoms with Crippen LogP contribution in [0.1, 0.15) is 0 Å². The van der Waals surface area contributed by atoms with E-state index < -0.39 is 14.1 Å². The summed E-state index contributed by atoms with van der Waals surface area (Å²) in [5.74, 6) is 0. The number of carbonyl (C=O) groups is 1. The Morgan fingerprint density at radius 2 is 1.42 bits per heavy atom. The smallest absolute Gasteiger partial charge is 0.220 e. The van der Waals surface area contributed by atoms with Crippen LogP contribution in [-0.4, -0.2) is 39.5 Å². The second kappa shape index (κ2) is 6.11. The van der Waals surface area contributed by atoms with E-state index in [1.54, 1.807) is 33.7 Å². The van der Waals surface area contributed by atoms with Crippen molar-refractivity contribution >= 4 is 14.5 Å². The molecule has 0 bridgehead atoms. The number of hydrogen-bond donors (Lipinski definition) is 0. The van der Waals surface area contributed by atoms with Gasteiger partial charge in [-0.25, -0.2) is 8.78 Å². The SMILES string of the molecule is CN(C)C=O.C[Si](C)(C)C(F)F. The Hall–Kier alpha value is -0.453. The molecule has 0 aliphatic carbocycles. The molecule has 5 heteroatoms. The Bertz CT molecular complexity index is 123. The molecule has 0 saturated heterocycles. The summed E-state index contributed by atoms with van der Waals surface area (Å²) < 4.78 is 23.2. The summed E-state index contributed by atoms with van der Waals surface area (Å²) >= 11 is 0. The molecular weight excluding hydrogens is 180 g/mol. The standard InChI is InChI=1S/C4H10F2Si.C3H7NO/c1-7(2,3)4(5)6;1-4(2)3-5/h4H,1-3H3;3H,1-2H3. The molecule has 1 amide bonds. The molecule has 0 N–H and O–H groups in total. The third-order valence-electron chi connectivity index (χ3n) is 0.865. The highest BCUT2D eigenvalue weighted by Gasteiger charge is 2.25. The fourth-order valence-corrected chi connectivity index (χ4v) is 0. The summed E-state index contributed by atoms with van der Waals surface area (Å²) in [5, 5.41) is 0. The highest BCUT2D eigenvalue weighted by molar-refractivity contribution is 6.76. The van der Waals surface area contributed by atoms with E-state index in [0.717, 1.165) is 6.41 Å². The van der Waals surface area contributed by atoms with Gasteiger partial charge >= 0.3 is 0 Å². The van der Waals surface area contributed by atoms with Crippen LogP contribution in [0.25, 0.3) is 0 Å². The number of carbonyl (C=O) groups excluding carboxylic acids is 1. The summed E-state index contributed by atoms with van der Waals surface area (Å²) in [6, 6.07) is -2.06. The minimum absolute atomic E-state index is 0.750. The van der Waals surface area contributed by atoms with Gasteiger partial charge in [-0.15, -0.1) is 0 Å². The lowest BCUT2D eigenvalue weighted by Gasteiger charge is -2.11. The minimum Gasteiger partial charge on any atom is -0.351 e. The molecule has 0 heterocycles. The van der Waals surface area contributed by atoms with Gasteiger partial charge in [0, 0.05) is 14.1 Å². The highest BCUT2D eigenvalue weighted by atomic mass is 28.3. The van der Waals surface area contributed by atoms with Crippen molar-refractivity contribution in [1.82, 2.24) is 4.90 Å². The van der Waals surface area contributed by atoms with Crippen LogP contribution in [0.15, 0.2) is 0 Å². The maximum Gasteiger partial charge on any atom is 0.220 e. The van der Waals surface area contributed by atoms with Gasteiger partial charge in [0.05, 0.1) is 0 Å². The summed E-state index contributed by atoms with van der Waals surface area (Å²) in [5.41, 5.74) is 0. The minimum atomic E-state index is -2.07. The average Bonchev–Trinajstić information content (AvgIpc) is 1.87. The first-order valence-electron chi connectivity index (χ1n) is 3.61. The van der Waals surface area contributed by atoms with Crippen LogP contribution in [-0.2, 0) is 4.79 Å². The van der Waals surface area contributed by atoms with Crippen molar-refractivity contribution in [3.8, 4) is 0 Å². The van der Waals surface area contributed by atoms with Gasteiger partial charge in [-0.1, -0.05) is 19.6 Å². The predicted molar refractivity (Wildman–Crippen MR) is 49.1 cm³/mol. The first-order chi connectivity index (χ1) is 5.21. The van der Waals surface area contributed by atoms with Crippen LogP contribution in [0, 0.1) is 0 Å². The van der Waals surface area contributed by atoms with Crippen LogP contribution in [0.4, 0.5) is 8.78 Å². The first kappa shape index (κ1) is 14.1. The van der Waals surface area contributed by atoms with Gasteiger partial charge in [0.15, 0.2) is 0 Å². The van der Waals surface area contributed by atoms with Gasteiger partial charge in [0.1, 0.15) is 8.07 Å². The lowest BCUT2D eigenvalue weighted by atomic mass is 11.0. The summed E-state index contributed by atoms with van der Waals surface area (Å²) in [6.45, 7) is 4.95.